The molecule has 176 valence electrons. The number of hydrogen-bond donors (Lipinski definition) is 2. The van der Waals surface area contributed by atoms with E-state index in [-0.39, 0.29) is 23.6 Å². The molecule has 1 aliphatic rings. The third-order valence-corrected chi connectivity index (χ3v) is 6.71. The fourth-order valence-electron chi connectivity index (χ4n) is 3.51. The molecule has 1 amide bonds. The summed E-state index contributed by atoms with van der Waals surface area (Å²) < 4.78 is 7.07. The Hall–Kier alpha value is -3.21. The van der Waals surface area contributed by atoms with E-state index in [0.29, 0.717) is 46.6 Å². The molecule has 2 N–H and O–H groups in total. The molecule has 8 nitrogen and oxygen atoms in total. The van der Waals surface area contributed by atoms with Gasteiger partial charge < -0.3 is 15.2 Å². The van der Waals surface area contributed by atoms with Gasteiger partial charge in [-0.05, 0) is 48.7 Å². The number of carbonyl (C=O) groups is 1. The van der Waals surface area contributed by atoms with E-state index in [1.54, 1.807) is 42.5 Å². The van der Waals surface area contributed by atoms with Crippen LogP contribution in [0.3, 0.4) is 0 Å². The Morgan fingerprint density at radius 1 is 1.21 bits per heavy atom. The van der Waals surface area contributed by atoms with Gasteiger partial charge in [-0.1, -0.05) is 42.2 Å². The first-order chi connectivity index (χ1) is 16.5. The summed E-state index contributed by atoms with van der Waals surface area (Å²) in [5.74, 6) is 0.909. The van der Waals surface area contributed by atoms with Crippen molar-refractivity contribution >= 4 is 51.7 Å². The summed E-state index contributed by atoms with van der Waals surface area (Å²) in [5.41, 5.74) is 1.53. The maximum atomic E-state index is 13.2. The smallest absolute Gasteiger partial charge is 0.267 e. The maximum absolute atomic E-state index is 13.2. The van der Waals surface area contributed by atoms with Gasteiger partial charge in [-0.15, -0.1) is 0 Å². The van der Waals surface area contributed by atoms with Gasteiger partial charge >= 0.3 is 0 Å². The lowest BCUT2D eigenvalue weighted by Gasteiger charge is -2.14. The first-order valence-electron chi connectivity index (χ1n) is 10.8. The van der Waals surface area contributed by atoms with Crippen molar-refractivity contribution in [3.05, 3.63) is 75.0 Å². The predicted octanol–water partition coefficient (Wildman–Crippen LogP) is 2.94. The normalized spacial score (nSPS) is 14.9. The highest BCUT2D eigenvalue weighted by molar-refractivity contribution is 8.26. The average molecular weight is 497 g/mol. The minimum Gasteiger partial charge on any atom is -0.497 e. The third-order valence-electron chi connectivity index (χ3n) is 5.33. The summed E-state index contributed by atoms with van der Waals surface area (Å²) in [7, 11) is 1.62. The van der Waals surface area contributed by atoms with E-state index in [4.69, 9.17) is 22.1 Å². The number of nitrogens with one attached hydrogen (secondary N) is 1. The van der Waals surface area contributed by atoms with Gasteiger partial charge in [-0.3, -0.25) is 18.9 Å². The first kappa shape index (κ1) is 23.9. The summed E-state index contributed by atoms with van der Waals surface area (Å²) in [5, 5.41) is 12.2. The molecule has 0 atom stereocenters. The van der Waals surface area contributed by atoms with Crippen LogP contribution in [0.2, 0.25) is 0 Å². The molecule has 0 radical (unpaired) electrons. The highest BCUT2D eigenvalue weighted by atomic mass is 32.2. The largest absolute Gasteiger partial charge is 0.497 e. The second-order valence-corrected chi connectivity index (χ2v) is 9.22. The van der Waals surface area contributed by atoms with Gasteiger partial charge in [0.25, 0.3) is 11.5 Å². The van der Waals surface area contributed by atoms with Crippen LogP contribution in [0.1, 0.15) is 17.5 Å². The number of aliphatic hydroxyl groups is 1. The van der Waals surface area contributed by atoms with E-state index in [2.05, 4.69) is 10.3 Å². The molecule has 3 aromatic rings. The number of methoxy groups -OCH3 is 1. The highest BCUT2D eigenvalue weighted by Gasteiger charge is 2.32. The fourth-order valence-corrected chi connectivity index (χ4v) is 4.80. The minimum absolute atomic E-state index is 0.0156. The van der Waals surface area contributed by atoms with Crippen molar-refractivity contribution in [2.75, 3.05) is 32.1 Å². The number of hydrogen-bond acceptors (Lipinski definition) is 8. The molecule has 0 spiro atoms. The molecule has 1 aliphatic heterocycles. The van der Waals surface area contributed by atoms with Gasteiger partial charge in [0.1, 0.15) is 21.5 Å². The second-order valence-electron chi connectivity index (χ2n) is 7.54. The van der Waals surface area contributed by atoms with E-state index in [1.165, 1.54) is 16.2 Å². The Balaban J connectivity index is 1.60. The molecule has 2 aromatic heterocycles. The Morgan fingerprint density at radius 3 is 2.74 bits per heavy atom. The van der Waals surface area contributed by atoms with Crippen molar-refractivity contribution in [1.29, 1.82) is 0 Å². The molecule has 0 unspecified atom stereocenters. The van der Waals surface area contributed by atoms with Crippen molar-refractivity contribution < 1.29 is 14.6 Å². The SMILES string of the molecule is COc1ccc(CCN2C(=O)C(=Cc3c(NCCCO)nc4ccccn4c3=O)SC2=S)cc1. The lowest BCUT2D eigenvalue weighted by molar-refractivity contribution is -0.122. The number of anilines is 1. The van der Waals surface area contributed by atoms with Gasteiger partial charge in [0, 0.05) is 25.9 Å². The van der Waals surface area contributed by atoms with Crippen molar-refractivity contribution in [3.63, 3.8) is 0 Å². The predicted molar refractivity (Wildman–Crippen MR) is 138 cm³/mol. The monoisotopic (exact) mass is 496 g/mol. The summed E-state index contributed by atoms with van der Waals surface area (Å²) in [6.07, 6.45) is 4.34. The lowest BCUT2D eigenvalue weighted by Crippen LogP contribution is -2.30. The molecule has 3 heterocycles. The summed E-state index contributed by atoms with van der Waals surface area (Å²) in [4.78, 5) is 32.8. The van der Waals surface area contributed by atoms with E-state index in [1.807, 2.05) is 24.3 Å². The summed E-state index contributed by atoms with van der Waals surface area (Å²) >= 11 is 6.63. The molecular formula is C24H24N4O4S2. The molecule has 0 saturated carbocycles. The van der Waals surface area contributed by atoms with E-state index < -0.39 is 0 Å². The van der Waals surface area contributed by atoms with Crippen LogP contribution in [0.25, 0.3) is 11.7 Å². The van der Waals surface area contributed by atoms with Crippen molar-refractivity contribution in [2.24, 2.45) is 0 Å². The fraction of sp³-hybridized carbons (Fsp3) is 0.250. The number of amides is 1. The van der Waals surface area contributed by atoms with Crippen LogP contribution >= 0.6 is 24.0 Å². The molecule has 34 heavy (non-hydrogen) atoms. The zero-order chi connectivity index (χ0) is 24.1. The number of thioether (sulfide) groups is 1. The Kier molecular flexibility index (Phi) is 7.61. The number of thiocarbonyl (C=S) groups is 1. The van der Waals surface area contributed by atoms with Crippen LogP contribution in [0.5, 0.6) is 5.75 Å². The van der Waals surface area contributed by atoms with Gasteiger partial charge in [0.15, 0.2) is 0 Å². The molecule has 1 fully saturated rings. The number of aromatic nitrogens is 2. The zero-order valence-electron chi connectivity index (χ0n) is 18.6. The molecule has 10 heteroatoms. The number of fused-ring (bicyclic) bond motifs is 1. The zero-order valence-corrected chi connectivity index (χ0v) is 20.2. The maximum Gasteiger partial charge on any atom is 0.267 e. The van der Waals surface area contributed by atoms with E-state index >= 15 is 0 Å². The second kappa shape index (κ2) is 10.8. The van der Waals surface area contributed by atoms with Crippen LogP contribution in [-0.4, -0.2) is 56.4 Å². The van der Waals surface area contributed by atoms with Crippen LogP contribution in [0.15, 0.2) is 58.4 Å². The van der Waals surface area contributed by atoms with Gasteiger partial charge in [-0.25, -0.2) is 4.98 Å². The quantitative estimate of drug-likeness (QED) is 0.265. The number of rotatable bonds is 9. The molecular weight excluding hydrogens is 472 g/mol. The first-order valence-corrected chi connectivity index (χ1v) is 12.0. The minimum atomic E-state index is -0.291. The van der Waals surface area contributed by atoms with Crippen LogP contribution in [0.4, 0.5) is 5.82 Å². The van der Waals surface area contributed by atoms with E-state index in [9.17, 15) is 9.59 Å². The average Bonchev–Trinajstić information content (AvgIpc) is 3.12. The van der Waals surface area contributed by atoms with Gasteiger partial charge in [0.05, 0.1) is 17.6 Å². The third kappa shape index (κ3) is 5.14. The van der Waals surface area contributed by atoms with Crippen LogP contribution < -0.4 is 15.6 Å². The van der Waals surface area contributed by atoms with Crippen molar-refractivity contribution in [2.45, 2.75) is 12.8 Å². The number of aliphatic hydroxyl groups excluding tert-OH is 1. The number of pyridine rings is 1. The Morgan fingerprint density at radius 2 is 2.00 bits per heavy atom. The van der Waals surface area contributed by atoms with Gasteiger partial charge in [-0.2, -0.15) is 0 Å². The molecule has 1 saturated heterocycles. The topological polar surface area (TPSA) is 96.2 Å². The van der Waals surface area contributed by atoms with E-state index in [0.717, 1.165) is 11.3 Å². The molecule has 0 bridgehead atoms. The van der Waals surface area contributed by atoms with Crippen LogP contribution in [0, 0.1) is 0 Å². The Bertz CT molecular complexity index is 1300. The number of carbonyl (C=O) groups excluding carboxylic acids is 1. The Labute approximate surface area is 206 Å². The number of nitrogens with zero attached hydrogens (tertiary/aromatic N) is 3. The summed E-state index contributed by atoms with van der Waals surface area (Å²) in [6, 6.07) is 13.0. The molecule has 1 aromatic carbocycles. The number of ether oxygens (including phenoxy) is 1. The number of benzene rings is 1. The van der Waals surface area contributed by atoms with Crippen LogP contribution in [-0.2, 0) is 11.2 Å². The van der Waals surface area contributed by atoms with Crippen molar-refractivity contribution in [1.82, 2.24) is 14.3 Å². The van der Waals surface area contributed by atoms with Gasteiger partial charge in [0.2, 0.25) is 0 Å². The standard InChI is InChI=1S/C24H24N4O4S2/c1-32-17-8-6-16(7-9-17)10-13-28-23(31)19(34-24(28)33)15-18-21(25-11-4-14-29)26-20-5-2-3-12-27(20)22(18)30/h2-3,5-9,12,15,25,29H,4,10-11,13-14H2,1H3. The molecule has 0 aliphatic carbocycles. The lowest BCUT2D eigenvalue weighted by atomic mass is 10.1. The molecule has 4 rings (SSSR count). The highest BCUT2D eigenvalue weighted by Crippen LogP contribution is 2.33. The summed E-state index contributed by atoms with van der Waals surface area (Å²) in [6.45, 7) is 0.891. The van der Waals surface area contributed by atoms with Crippen molar-refractivity contribution in [3.8, 4) is 5.75 Å².